The van der Waals surface area contributed by atoms with Crippen molar-refractivity contribution in [3.05, 3.63) is 29.8 Å². The van der Waals surface area contributed by atoms with Gasteiger partial charge in [0.15, 0.2) is 0 Å². The van der Waals surface area contributed by atoms with Crippen molar-refractivity contribution in [2.75, 3.05) is 0 Å². The monoisotopic (exact) mass is 287 g/mol. The Balaban J connectivity index is 1.51. The predicted octanol–water partition coefficient (Wildman–Crippen LogP) is 3.61. The van der Waals surface area contributed by atoms with Gasteiger partial charge in [-0.3, -0.25) is 4.79 Å². The second-order valence-electron chi connectivity index (χ2n) is 6.70. The van der Waals surface area contributed by atoms with Crippen LogP contribution in [0.15, 0.2) is 24.3 Å². The summed E-state index contributed by atoms with van der Waals surface area (Å²) in [6.07, 6.45) is 8.79. The lowest BCUT2D eigenvalue weighted by atomic mass is 9.67. The van der Waals surface area contributed by atoms with E-state index in [4.69, 9.17) is 0 Å². The smallest absolute Gasteiger partial charge is 0.223 e. The van der Waals surface area contributed by atoms with Crippen LogP contribution in [0.4, 0.5) is 0 Å². The molecule has 0 bridgehead atoms. The van der Waals surface area contributed by atoms with Crippen molar-refractivity contribution < 1.29 is 9.90 Å². The van der Waals surface area contributed by atoms with Crippen molar-refractivity contribution >= 4 is 5.91 Å². The maximum Gasteiger partial charge on any atom is 0.223 e. The number of hydrogen-bond donors (Lipinski definition) is 2. The van der Waals surface area contributed by atoms with E-state index in [2.05, 4.69) is 5.32 Å². The molecule has 0 aliphatic heterocycles. The minimum Gasteiger partial charge on any atom is -0.508 e. The molecule has 3 rings (SSSR count). The molecule has 2 aliphatic rings. The first kappa shape index (κ1) is 14.4. The third kappa shape index (κ3) is 3.58. The normalized spacial score (nSPS) is 28.7. The van der Waals surface area contributed by atoms with E-state index in [9.17, 15) is 9.90 Å². The maximum atomic E-state index is 12.4. The van der Waals surface area contributed by atoms with E-state index in [0.717, 1.165) is 30.2 Å². The number of carbonyl (C=O) groups is 1. The SMILES string of the molecule is O=C(NCc1cccc(O)c1)C1CCC2CCCCC2C1. The Bertz CT molecular complexity index is 500. The Labute approximate surface area is 126 Å². The van der Waals surface area contributed by atoms with Gasteiger partial charge in [0.05, 0.1) is 0 Å². The summed E-state index contributed by atoms with van der Waals surface area (Å²) < 4.78 is 0. The van der Waals surface area contributed by atoms with Crippen LogP contribution in [0.25, 0.3) is 0 Å². The lowest BCUT2D eigenvalue weighted by Crippen LogP contribution is -2.37. The van der Waals surface area contributed by atoms with E-state index in [1.165, 1.54) is 32.1 Å². The molecule has 21 heavy (non-hydrogen) atoms. The Morgan fingerprint density at radius 3 is 2.76 bits per heavy atom. The van der Waals surface area contributed by atoms with Crippen LogP contribution in [0.5, 0.6) is 5.75 Å². The topological polar surface area (TPSA) is 49.3 Å². The summed E-state index contributed by atoms with van der Waals surface area (Å²) >= 11 is 0. The largest absolute Gasteiger partial charge is 0.508 e. The van der Waals surface area contributed by atoms with Crippen molar-refractivity contribution in [3.63, 3.8) is 0 Å². The van der Waals surface area contributed by atoms with Crippen molar-refractivity contribution in [1.29, 1.82) is 0 Å². The Kier molecular flexibility index (Phi) is 4.47. The van der Waals surface area contributed by atoms with Crippen molar-refractivity contribution in [1.82, 2.24) is 5.32 Å². The molecule has 3 heteroatoms. The van der Waals surface area contributed by atoms with Crippen LogP contribution in [0, 0.1) is 17.8 Å². The highest BCUT2D eigenvalue weighted by molar-refractivity contribution is 5.78. The van der Waals surface area contributed by atoms with E-state index in [0.29, 0.717) is 6.54 Å². The van der Waals surface area contributed by atoms with Crippen LogP contribution >= 0.6 is 0 Å². The van der Waals surface area contributed by atoms with Crippen molar-refractivity contribution in [2.45, 2.75) is 51.5 Å². The number of hydrogen-bond acceptors (Lipinski definition) is 2. The second kappa shape index (κ2) is 6.50. The fraction of sp³-hybridized carbons (Fsp3) is 0.611. The molecule has 0 spiro atoms. The van der Waals surface area contributed by atoms with Crippen LogP contribution < -0.4 is 5.32 Å². The standard InChI is InChI=1S/C18H25NO2/c20-17-7-3-4-13(10-17)12-19-18(21)16-9-8-14-5-1-2-6-15(14)11-16/h3-4,7,10,14-16,20H,1-2,5-6,8-9,11-12H2,(H,19,21). The molecule has 2 fully saturated rings. The summed E-state index contributed by atoms with van der Waals surface area (Å²) in [4.78, 5) is 12.4. The zero-order chi connectivity index (χ0) is 14.7. The van der Waals surface area contributed by atoms with Crippen LogP contribution in [-0.2, 0) is 11.3 Å². The van der Waals surface area contributed by atoms with Crippen LogP contribution in [-0.4, -0.2) is 11.0 Å². The number of rotatable bonds is 3. The molecule has 2 N–H and O–H groups in total. The first-order chi connectivity index (χ1) is 10.2. The van der Waals surface area contributed by atoms with E-state index < -0.39 is 0 Å². The van der Waals surface area contributed by atoms with Crippen molar-refractivity contribution in [2.24, 2.45) is 17.8 Å². The summed E-state index contributed by atoms with van der Waals surface area (Å²) in [5.41, 5.74) is 0.953. The quantitative estimate of drug-likeness (QED) is 0.892. The van der Waals surface area contributed by atoms with Gasteiger partial charge in [-0.05, 0) is 48.8 Å². The minimum atomic E-state index is 0.196. The number of phenolic OH excluding ortho intramolecular Hbond substituents is 1. The second-order valence-corrected chi connectivity index (χ2v) is 6.70. The molecule has 1 aromatic rings. The van der Waals surface area contributed by atoms with Crippen LogP contribution in [0.3, 0.4) is 0 Å². The van der Waals surface area contributed by atoms with E-state index in [-0.39, 0.29) is 17.6 Å². The zero-order valence-electron chi connectivity index (χ0n) is 12.6. The zero-order valence-corrected chi connectivity index (χ0v) is 12.6. The lowest BCUT2D eigenvalue weighted by Gasteiger charge is -2.38. The number of benzene rings is 1. The van der Waals surface area contributed by atoms with E-state index in [1.54, 1.807) is 12.1 Å². The number of amides is 1. The van der Waals surface area contributed by atoms with Gasteiger partial charge in [-0.25, -0.2) is 0 Å². The number of fused-ring (bicyclic) bond motifs is 1. The molecule has 114 valence electrons. The van der Waals surface area contributed by atoms with Gasteiger partial charge in [-0.15, -0.1) is 0 Å². The summed E-state index contributed by atoms with van der Waals surface area (Å²) in [5.74, 6) is 2.31. The molecule has 3 unspecified atom stereocenters. The molecule has 0 radical (unpaired) electrons. The molecule has 3 atom stereocenters. The summed E-state index contributed by atoms with van der Waals surface area (Å²) in [7, 11) is 0. The predicted molar refractivity (Wildman–Crippen MR) is 82.7 cm³/mol. The molecule has 1 amide bonds. The van der Waals surface area contributed by atoms with E-state index in [1.807, 2.05) is 12.1 Å². The Morgan fingerprint density at radius 2 is 1.95 bits per heavy atom. The molecular weight excluding hydrogens is 262 g/mol. The fourth-order valence-corrected chi connectivity index (χ4v) is 4.11. The summed E-state index contributed by atoms with van der Waals surface area (Å²) in [6, 6.07) is 7.09. The molecule has 2 aliphatic carbocycles. The third-order valence-electron chi connectivity index (χ3n) is 5.29. The van der Waals surface area contributed by atoms with Gasteiger partial charge in [0.2, 0.25) is 5.91 Å². The van der Waals surface area contributed by atoms with Gasteiger partial charge in [0, 0.05) is 12.5 Å². The van der Waals surface area contributed by atoms with E-state index >= 15 is 0 Å². The maximum absolute atomic E-state index is 12.4. The first-order valence-corrected chi connectivity index (χ1v) is 8.28. The molecule has 2 saturated carbocycles. The third-order valence-corrected chi connectivity index (χ3v) is 5.29. The molecule has 0 heterocycles. The lowest BCUT2D eigenvalue weighted by molar-refractivity contribution is -0.127. The average Bonchev–Trinajstić information content (AvgIpc) is 2.52. The van der Waals surface area contributed by atoms with Gasteiger partial charge < -0.3 is 10.4 Å². The van der Waals surface area contributed by atoms with Crippen LogP contribution in [0.2, 0.25) is 0 Å². The van der Waals surface area contributed by atoms with Gasteiger partial charge in [-0.1, -0.05) is 37.8 Å². The number of carbonyl (C=O) groups excluding carboxylic acids is 1. The molecule has 1 aromatic carbocycles. The first-order valence-electron chi connectivity index (χ1n) is 8.28. The number of nitrogens with one attached hydrogen (secondary N) is 1. The van der Waals surface area contributed by atoms with Gasteiger partial charge in [-0.2, -0.15) is 0 Å². The van der Waals surface area contributed by atoms with Gasteiger partial charge in [0.1, 0.15) is 5.75 Å². The Hall–Kier alpha value is -1.51. The molecule has 0 aromatic heterocycles. The highest BCUT2D eigenvalue weighted by Gasteiger charge is 2.34. The fourth-order valence-electron chi connectivity index (χ4n) is 4.11. The minimum absolute atomic E-state index is 0.196. The number of phenols is 1. The highest BCUT2D eigenvalue weighted by atomic mass is 16.3. The summed E-state index contributed by atoms with van der Waals surface area (Å²) in [6.45, 7) is 0.512. The van der Waals surface area contributed by atoms with Crippen molar-refractivity contribution in [3.8, 4) is 5.75 Å². The van der Waals surface area contributed by atoms with Crippen LogP contribution in [0.1, 0.15) is 50.5 Å². The Morgan fingerprint density at radius 1 is 1.14 bits per heavy atom. The molecule has 3 nitrogen and oxygen atoms in total. The van der Waals surface area contributed by atoms with Gasteiger partial charge in [0.25, 0.3) is 0 Å². The number of aromatic hydroxyl groups is 1. The van der Waals surface area contributed by atoms with Gasteiger partial charge >= 0.3 is 0 Å². The molecule has 0 saturated heterocycles. The average molecular weight is 287 g/mol. The summed E-state index contributed by atoms with van der Waals surface area (Å²) in [5, 5.41) is 12.5. The highest BCUT2D eigenvalue weighted by Crippen LogP contribution is 2.42. The molecular formula is C18H25NO2.